The Labute approximate surface area is 124 Å². The van der Waals surface area contributed by atoms with E-state index in [2.05, 4.69) is 5.32 Å². The molecule has 0 bridgehead atoms. The fraction of sp³-hybridized carbons (Fsp3) is 0.467. The third-order valence-electron chi connectivity index (χ3n) is 3.99. The van der Waals surface area contributed by atoms with Crippen LogP contribution in [0.3, 0.4) is 0 Å². The van der Waals surface area contributed by atoms with Crippen LogP contribution in [0.1, 0.15) is 24.4 Å². The van der Waals surface area contributed by atoms with Gasteiger partial charge in [-0.15, -0.1) is 0 Å². The van der Waals surface area contributed by atoms with E-state index in [1.54, 1.807) is 12.5 Å². The van der Waals surface area contributed by atoms with Gasteiger partial charge in [0.05, 0.1) is 0 Å². The van der Waals surface area contributed by atoms with E-state index < -0.39 is 11.9 Å². The first-order chi connectivity index (χ1) is 10.2. The van der Waals surface area contributed by atoms with Crippen molar-refractivity contribution in [2.45, 2.75) is 18.9 Å². The number of rotatable bonds is 4. The number of likely N-dealkylation sites (tertiary alicyclic amines) is 1. The van der Waals surface area contributed by atoms with Crippen molar-refractivity contribution in [3.05, 3.63) is 35.9 Å². The molecule has 1 aromatic rings. The molecule has 1 aromatic carbocycles. The number of carbonyl (C=O) groups excluding carboxylic acids is 2. The van der Waals surface area contributed by atoms with Gasteiger partial charge in [-0.3, -0.25) is 19.7 Å². The van der Waals surface area contributed by atoms with E-state index in [1.807, 2.05) is 35.2 Å². The second-order valence-electron chi connectivity index (χ2n) is 5.21. The monoisotopic (exact) mass is 291 g/mol. The van der Waals surface area contributed by atoms with E-state index >= 15 is 0 Å². The summed E-state index contributed by atoms with van der Waals surface area (Å²) in [5.41, 5.74) is 2.58. The third kappa shape index (κ3) is 3.59. The summed E-state index contributed by atoms with van der Waals surface area (Å²) in [7, 11) is 1.64. The van der Waals surface area contributed by atoms with E-state index in [4.69, 9.17) is 5.21 Å². The number of carbonyl (C=O) groups is 2. The Morgan fingerprint density at radius 1 is 1.24 bits per heavy atom. The predicted octanol–water partition coefficient (Wildman–Crippen LogP) is 0.691. The lowest BCUT2D eigenvalue weighted by Gasteiger charge is -2.36. The van der Waals surface area contributed by atoms with Crippen LogP contribution in [-0.4, -0.2) is 42.1 Å². The second-order valence-corrected chi connectivity index (χ2v) is 5.21. The Hall–Kier alpha value is -1.92. The summed E-state index contributed by atoms with van der Waals surface area (Å²) < 4.78 is 0. The minimum atomic E-state index is -0.526. The number of nitrogens with zero attached hydrogens (tertiary/aromatic N) is 1. The van der Waals surface area contributed by atoms with Crippen molar-refractivity contribution in [3.8, 4) is 0 Å². The minimum absolute atomic E-state index is 0.000129. The van der Waals surface area contributed by atoms with Crippen LogP contribution in [0.15, 0.2) is 30.3 Å². The van der Waals surface area contributed by atoms with Gasteiger partial charge in [0.25, 0.3) is 5.91 Å². The van der Waals surface area contributed by atoms with Gasteiger partial charge in [0, 0.05) is 13.0 Å². The zero-order chi connectivity index (χ0) is 15.2. The first-order valence-corrected chi connectivity index (χ1v) is 7.12. The van der Waals surface area contributed by atoms with Crippen molar-refractivity contribution in [1.29, 1.82) is 0 Å². The maximum absolute atomic E-state index is 12.0. The molecule has 114 valence electrons. The molecule has 1 saturated heterocycles. The summed E-state index contributed by atoms with van der Waals surface area (Å²) in [6.07, 6.45) is 1.42. The number of nitrogens with one attached hydrogen (secondary N) is 2. The van der Waals surface area contributed by atoms with E-state index in [-0.39, 0.29) is 11.8 Å². The highest BCUT2D eigenvalue weighted by Crippen LogP contribution is 2.27. The zero-order valence-corrected chi connectivity index (χ0v) is 12.1. The normalized spacial score (nSPS) is 18.0. The maximum atomic E-state index is 12.0. The van der Waals surface area contributed by atoms with Crippen LogP contribution in [0.25, 0.3) is 0 Å². The molecule has 1 aliphatic rings. The number of hydrogen-bond acceptors (Lipinski definition) is 4. The Morgan fingerprint density at radius 3 is 2.38 bits per heavy atom. The summed E-state index contributed by atoms with van der Waals surface area (Å²) in [4.78, 5) is 25.7. The zero-order valence-electron chi connectivity index (χ0n) is 12.1. The molecule has 21 heavy (non-hydrogen) atoms. The van der Waals surface area contributed by atoms with Crippen LogP contribution in [0, 0.1) is 5.92 Å². The number of hydroxylamine groups is 1. The highest BCUT2D eigenvalue weighted by Gasteiger charge is 2.32. The van der Waals surface area contributed by atoms with E-state index in [0.717, 1.165) is 5.56 Å². The third-order valence-corrected chi connectivity index (χ3v) is 3.99. The van der Waals surface area contributed by atoms with E-state index in [9.17, 15) is 9.59 Å². The lowest BCUT2D eigenvalue weighted by molar-refractivity contribution is -0.136. The van der Waals surface area contributed by atoms with Gasteiger partial charge >= 0.3 is 0 Å². The Balaban J connectivity index is 2.10. The lowest BCUT2D eigenvalue weighted by Crippen LogP contribution is -2.45. The molecule has 2 amide bonds. The van der Waals surface area contributed by atoms with Crippen LogP contribution >= 0.6 is 0 Å². The topological polar surface area (TPSA) is 81.7 Å². The van der Waals surface area contributed by atoms with Crippen molar-refractivity contribution in [2.75, 3.05) is 20.1 Å². The van der Waals surface area contributed by atoms with Crippen LogP contribution in [0.2, 0.25) is 0 Å². The maximum Gasteiger partial charge on any atom is 0.265 e. The number of amides is 2. The standard InChI is InChI=1S/C15H21N3O3/c1-16-14(19)12-7-9-18(10-8-12)13(15(20)17-21)11-5-3-2-4-6-11/h2-6,12-13,21H,7-10H2,1H3,(H,16,19)(H,17,20). The Bertz CT molecular complexity index is 484. The quantitative estimate of drug-likeness (QED) is 0.563. The first-order valence-electron chi connectivity index (χ1n) is 7.12. The molecule has 0 aromatic heterocycles. The van der Waals surface area contributed by atoms with Gasteiger partial charge in [-0.2, -0.15) is 0 Å². The molecule has 1 aliphatic heterocycles. The molecule has 0 saturated carbocycles. The summed E-state index contributed by atoms with van der Waals surface area (Å²) in [5, 5.41) is 11.7. The molecule has 1 heterocycles. The van der Waals surface area contributed by atoms with Crippen molar-refractivity contribution in [1.82, 2.24) is 15.7 Å². The Morgan fingerprint density at radius 2 is 1.86 bits per heavy atom. The smallest absolute Gasteiger partial charge is 0.265 e. The molecular weight excluding hydrogens is 270 g/mol. The lowest BCUT2D eigenvalue weighted by atomic mass is 9.93. The van der Waals surface area contributed by atoms with Gasteiger partial charge in [0.2, 0.25) is 5.91 Å². The first kappa shape index (κ1) is 15.5. The molecule has 6 heteroatoms. The van der Waals surface area contributed by atoms with Gasteiger partial charge in [-0.1, -0.05) is 30.3 Å². The van der Waals surface area contributed by atoms with E-state index in [0.29, 0.717) is 25.9 Å². The number of benzene rings is 1. The Kier molecular flexibility index (Phi) is 5.30. The summed E-state index contributed by atoms with van der Waals surface area (Å²) in [6, 6.07) is 8.82. The van der Waals surface area contributed by atoms with Crippen LogP contribution in [0.4, 0.5) is 0 Å². The average molecular weight is 291 g/mol. The van der Waals surface area contributed by atoms with Crippen molar-refractivity contribution < 1.29 is 14.8 Å². The summed E-state index contributed by atoms with van der Waals surface area (Å²) >= 11 is 0. The largest absolute Gasteiger partial charge is 0.359 e. The molecule has 1 fully saturated rings. The highest BCUT2D eigenvalue weighted by molar-refractivity contribution is 5.82. The van der Waals surface area contributed by atoms with Crippen LogP contribution in [0.5, 0.6) is 0 Å². The molecule has 0 spiro atoms. The fourth-order valence-electron chi connectivity index (χ4n) is 2.85. The SMILES string of the molecule is CNC(=O)C1CCN(C(C(=O)NO)c2ccccc2)CC1. The molecule has 1 atom stereocenters. The van der Waals surface area contributed by atoms with E-state index in [1.165, 1.54) is 0 Å². The molecule has 6 nitrogen and oxygen atoms in total. The fourth-order valence-corrected chi connectivity index (χ4v) is 2.85. The van der Waals surface area contributed by atoms with Crippen LogP contribution in [-0.2, 0) is 9.59 Å². The van der Waals surface area contributed by atoms with Gasteiger partial charge < -0.3 is 5.32 Å². The molecular formula is C15H21N3O3. The number of piperidine rings is 1. The molecule has 0 aliphatic carbocycles. The van der Waals surface area contributed by atoms with Crippen molar-refractivity contribution in [2.24, 2.45) is 5.92 Å². The molecule has 0 radical (unpaired) electrons. The predicted molar refractivity (Wildman–Crippen MR) is 77.5 cm³/mol. The molecule has 2 rings (SSSR count). The van der Waals surface area contributed by atoms with Gasteiger partial charge in [-0.25, -0.2) is 5.48 Å². The number of hydrogen-bond donors (Lipinski definition) is 3. The molecule has 3 N–H and O–H groups in total. The second kappa shape index (κ2) is 7.19. The minimum Gasteiger partial charge on any atom is -0.359 e. The average Bonchev–Trinajstić information content (AvgIpc) is 2.55. The van der Waals surface area contributed by atoms with Crippen LogP contribution < -0.4 is 10.8 Å². The highest BCUT2D eigenvalue weighted by atomic mass is 16.5. The van der Waals surface area contributed by atoms with Gasteiger partial charge in [0.15, 0.2) is 0 Å². The van der Waals surface area contributed by atoms with Crippen molar-refractivity contribution >= 4 is 11.8 Å². The summed E-state index contributed by atoms with van der Waals surface area (Å²) in [6.45, 7) is 1.29. The van der Waals surface area contributed by atoms with Gasteiger partial charge in [-0.05, 0) is 31.5 Å². The van der Waals surface area contributed by atoms with Crippen molar-refractivity contribution in [3.63, 3.8) is 0 Å². The molecule has 1 unspecified atom stereocenters. The van der Waals surface area contributed by atoms with Gasteiger partial charge in [0.1, 0.15) is 6.04 Å². The summed E-state index contributed by atoms with van der Waals surface area (Å²) in [5.74, 6) is -0.392.